The Bertz CT molecular complexity index is 377. The molecule has 0 bridgehead atoms. The molecule has 1 aliphatic heterocycles. The maximum atomic E-state index is 5.90. The summed E-state index contributed by atoms with van der Waals surface area (Å²) in [5, 5.41) is 3.47. The van der Waals surface area contributed by atoms with Crippen molar-refractivity contribution < 1.29 is 4.74 Å². The van der Waals surface area contributed by atoms with E-state index in [0.717, 1.165) is 39.3 Å². The van der Waals surface area contributed by atoms with Crippen molar-refractivity contribution in [2.75, 3.05) is 32.8 Å². The molecule has 1 aromatic heterocycles. The molecule has 108 valence electrons. The number of aromatic nitrogens is 1. The second-order valence-electron chi connectivity index (χ2n) is 5.25. The van der Waals surface area contributed by atoms with Crippen LogP contribution in [0.3, 0.4) is 0 Å². The largest absolute Gasteiger partial charge is 0.374 e. The highest BCUT2D eigenvalue weighted by Crippen LogP contribution is 2.16. The van der Waals surface area contributed by atoms with E-state index in [1.165, 1.54) is 5.69 Å². The minimum absolute atomic E-state index is 0.314. The molecule has 0 radical (unpaired) electrons. The van der Waals surface area contributed by atoms with E-state index in [0.29, 0.717) is 12.1 Å². The van der Waals surface area contributed by atoms with E-state index in [1.807, 2.05) is 0 Å². The summed E-state index contributed by atoms with van der Waals surface area (Å²) in [4.78, 5) is 2.46. The van der Waals surface area contributed by atoms with Crippen molar-refractivity contribution >= 4 is 0 Å². The van der Waals surface area contributed by atoms with Gasteiger partial charge in [0.1, 0.15) is 0 Å². The molecule has 2 rings (SSSR count). The van der Waals surface area contributed by atoms with Gasteiger partial charge in [0.2, 0.25) is 0 Å². The molecule has 0 aromatic carbocycles. The van der Waals surface area contributed by atoms with Gasteiger partial charge in [0.25, 0.3) is 0 Å². The fourth-order valence-corrected chi connectivity index (χ4v) is 2.79. The van der Waals surface area contributed by atoms with Crippen molar-refractivity contribution in [3.05, 3.63) is 24.0 Å². The normalized spacial score (nSPS) is 22.6. The quantitative estimate of drug-likeness (QED) is 0.851. The fraction of sp³-hybridized carbons (Fsp3) is 0.733. The number of nitrogens with zero attached hydrogens (tertiary/aromatic N) is 2. The minimum Gasteiger partial charge on any atom is -0.374 e. The van der Waals surface area contributed by atoms with Gasteiger partial charge in [-0.1, -0.05) is 13.8 Å². The topological polar surface area (TPSA) is 29.4 Å². The Labute approximate surface area is 116 Å². The average Bonchev–Trinajstić information content (AvgIpc) is 2.87. The molecule has 0 amide bonds. The van der Waals surface area contributed by atoms with E-state index < -0.39 is 0 Å². The van der Waals surface area contributed by atoms with Crippen molar-refractivity contribution in [2.24, 2.45) is 0 Å². The number of nitrogens with one attached hydrogen (secondary N) is 1. The number of rotatable bonds is 6. The third-order valence-corrected chi connectivity index (χ3v) is 3.89. The lowest BCUT2D eigenvalue weighted by molar-refractivity contribution is -0.0346. The molecule has 1 aliphatic rings. The Kier molecular flexibility index (Phi) is 5.43. The average molecular weight is 265 g/mol. The molecule has 1 N–H and O–H groups in total. The molecular weight excluding hydrogens is 238 g/mol. The second kappa shape index (κ2) is 7.08. The molecule has 1 aromatic rings. The summed E-state index contributed by atoms with van der Waals surface area (Å²) >= 11 is 0. The molecule has 4 nitrogen and oxygen atoms in total. The number of hydrogen-bond acceptors (Lipinski definition) is 3. The summed E-state index contributed by atoms with van der Waals surface area (Å²) in [6.45, 7) is 12.6. The van der Waals surface area contributed by atoms with Crippen molar-refractivity contribution in [3.8, 4) is 0 Å². The predicted octanol–water partition coefficient (Wildman–Crippen LogP) is 1.88. The summed E-state index contributed by atoms with van der Waals surface area (Å²) < 4.78 is 8.23. The smallest absolute Gasteiger partial charge is 0.0881 e. The van der Waals surface area contributed by atoms with Crippen LogP contribution in [0, 0.1) is 0 Å². The van der Waals surface area contributed by atoms with Gasteiger partial charge in [0.15, 0.2) is 0 Å². The highest BCUT2D eigenvalue weighted by Gasteiger charge is 2.20. The maximum absolute atomic E-state index is 5.90. The molecule has 0 saturated carbocycles. The zero-order valence-corrected chi connectivity index (χ0v) is 12.4. The zero-order chi connectivity index (χ0) is 13.7. The van der Waals surface area contributed by atoms with Gasteiger partial charge in [0, 0.05) is 37.6 Å². The number of morpholine rings is 1. The first-order valence-electron chi connectivity index (χ1n) is 7.47. The molecule has 19 heavy (non-hydrogen) atoms. The van der Waals surface area contributed by atoms with Gasteiger partial charge in [-0.25, -0.2) is 0 Å². The first-order chi connectivity index (χ1) is 9.24. The molecule has 2 heterocycles. The minimum atomic E-state index is 0.314. The summed E-state index contributed by atoms with van der Waals surface area (Å²) in [5.41, 5.74) is 1.35. The molecule has 0 spiro atoms. The molecule has 0 aliphatic carbocycles. The standard InChI is InChI=1S/C15H27N3O/c1-4-16-13(3)15-7-6-8-18(15)12-14-11-17(5-2)9-10-19-14/h6-8,13-14,16H,4-5,9-12H2,1-3H3. The van der Waals surface area contributed by atoms with Gasteiger partial charge < -0.3 is 14.6 Å². The zero-order valence-electron chi connectivity index (χ0n) is 12.4. The molecule has 1 saturated heterocycles. The van der Waals surface area contributed by atoms with E-state index in [2.05, 4.69) is 53.9 Å². The highest BCUT2D eigenvalue weighted by atomic mass is 16.5. The molecule has 2 unspecified atom stereocenters. The van der Waals surface area contributed by atoms with Crippen LogP contribution in [-0.2, 0) is 11.3 Å². The van der Waals surface area contributed by atoms with E-state index in [4.69, 9.17) is 4.74 Å². The third-order valence-electron chi connectivity index (χ3n) is 3.89. The van der Waals surface area contributed by atoms with Crippen LogP contribution >= 0.6 is 0 Å². The SMILES string of the molecule is CCNC(C)c1cccn1CC1CN(CC)CCO1. The van der Waals surface area contributed by atoms with E-state index in [1.54, 1.807) is 0 Å². The lowest BCUT2D eigenvalue weighted by atomic mass is 10.2. The monoisotopic (exact) mass is 265 g/mol. The first-order valence-corrected chi connectivity index (χ1v) is 7.47. The number of ether oxygens (including phenoxy) is 1. The Morgan fingerprint density at radius 1 is 1.47 bits per heavy atom. The Hall–Kier alpha value is -0.840. The van der Waals surface area contributed by atoms with Crippen LogP contribution in [0.4, 0.5) is 0 Å². The Morgan fingerprint density at radius 2 is 2.32 bits per heavy atom. The fourth-order valence-electron chi connectivity index (χ4n) is 2.79. The first kappa shape index (κ1) is 14.6. The van der Waals surface area contributed by atoms with Crippen LogP contribution in [0.5, 0.6) is 0 Å². The van der Waals surface area contributed by atoms with E-state index in [9.17, 15) is 0 Å². The number of hydrogen-bond donors (Lipinski definition) is 1. The van der Waals surface area contributed by atoms with Gasteiger partial charge in [-0.3, -0.25) is 4.90 Å². The van der Waals surface area contributed by atoms with Gasteiger partial charge in [-0.05, 0) is 32.1 Å². The summed E-state index contributed by atoms with van der Waals surface area (Å²) in [5.74, 6) is 0. The van der Waals surface area contributed by atoms with E-state index >= 15 is 0 Å². The Morgan fingerprint density at radius 3 is 3.05 bits per heavy atom. The van der Waals surface area contributed by atoms with Crippen molar-refractivity contribution in [1.82, 2.24) is 14.8 Å². The predicted molar refractivity (Wildman–Crippen MR) is 78.4 cm³/mol. The lowest BCUT2D eigenvalue weighted by Crippen LogP contribution is -2.44. The third kappa shape index (κ3) is 3.81. The van der Waals surface area contributed by atoms with Crippen LogP contribution in [0.25, 0.3) is 0 Å². The summed E-state index contributed by atoms with van der Waals surface area (Å²) in [6, 6.07) is 4.73. The van der Waals surface area contributed by atoms with Crippen LogP contribution in [0.2, 0.25) is 0 Å². The number of likely N-dealkylation sites (N-methyl/N-ethyl adjacent to an activating group) is 1. The van der Waals surface area contributed by atoms with E-state index in [-0.39, 0.29) is 0 Å². The van der Waals surface area contributed by atoms with Gasteiger partial charge in [-0.2, -0.15) is 0 Å². The lowest BCUT2D eigenvalue weighted by Gasteiger charge is -2.33. The molecular formula is C15H27N3O. The summed E-state index contributed by atoms with van der Waals surface area (Å²) in [6.07, 6.45) is 2.48. The van der Waals surface area contributed by atoms with Crippen LogP contribution in [-0.4, -0.2) is 48.4 Å². The van der Waals surface area contributed by atoms with Crippen molar-refractivity contribution in [1.29, 1.82) is 0 Å². The van der Waals surface area contributed by atoms with Gasteiger partial charge in [0.05, 0.1) is 12.7 Å². The van der Waals surface area contributed by atoms with Gasteiger partial charge >= 0.3 is 0 Å². The molecule has 2 atom stereocenters. The highest BCUT2D eigenvalue weighted by molar-refractivity contribution is 5.11. The van der Waals surface area contributed by atoms with Crippen molar-refractivity contribution in [3.63, 3.8) is 0 Å². The summed E-state index contributed by atoms with van der Waals surface area (Å²) in [7, 11) is 0. The maximum Gasteiger partial charge on any atom is 0.0881 e. The van der Waals surface area contributed by atoms with Crippen LogP contribution in [0.1, 0.15) is 32.5 Å². The van der Waals surface area contributed by atoms with Crippen LogP contribution in [0.15, 0.2) is 18.3 Å². The molecule has 4 heteroatoms. The van der Waals surface area contributed by atoms with Crippen molar-refractivity contribution in [2.45, 2.75) is 39.5 Å². The van der Waals surface area contributed by atoms with Crippen LogP contribution < -0.4 is 5.32 Å². The second-order valence-corrected chi connectivity index (χ2v) is 5.25. The van der Waals surface area contributed by atoms with Gasteiger partial charge in [-0.15, -0.1) is 0 Å². The Balaban J connectivity index is 1.97. The molecule has 1 fully saturated rings.